The average Bonchev–Trinajstić information content (AvgIpc) is 2.94. The second-order valence-electron chi connectivity index (χ2n) is 5.90. The van der Waals surface area contributed by atoms with Crippen molar-refractivity contribution in [3.63, 3.8) is 0 Å². The van der Waals surface area contributed by atoms with Crippen LogP contribution in [-0.2, 0) is 30.8 Å². The molecule has 24 heavy (non-hydrogen) atoms. The van der Waals surface area contributed by atoms with Crippen LogP contribution in [0, 0.1) is 0 Å². The zero-order chi connectivity index (χ0) is 17.2. The van der Waals surface area contributed by atoms with Gasteiger partial charge in [-0.05, 0) is 12.0 Å². The summed E-state index contributed by atoms with van der Waals surface area (Å²) < 4.78 is 28.4. The van der Waals surface area contributed by atoms with Gasteiger partial charge in [-0.3, -0.25) is 4.79 Å². The molecular weight excluding hydrogens is 332 g/mol. The number of carbonyl (C=O) groups excluding carboxylic acids is 2. The van der Waals surface area contributed by atoms with Crippen molar-refractivity contribution in [3.8, 4) is 0 Å². The number of hydrazone groups is 1. The fourth-order valence-corrected chi connectivity index (χ4v) is 4.47. The molecule has 0 radical (unpaired) electrons. The molecule has 2 aliphatic heterocycles. The molecule has 0 N–H and O–H groups in total. The number of hydrogen-bond donors (Lipinski definition) is 0. The topological polar surface area (TPSA) is 93.1 Å². The van der Waals surface area contributed by atoms with E-state index >= 15 is 0 Å². The van der Waals surface area contributed by atoms with Crippen LogP contribution in [0.3, 0.4) is 0 Å². The molecule has 128 valence electrons. The Bertz CT molecular complexity index is 773. The van der Waals surface area contributed by atoms with Crippen molar-refractivity contribution >= 4 is 27.4 Å². The van der Waals surface area contributed by atoms with Crippen LogP contribution in [-0.4, -0.2) is 48.6 Å². The zero-order valence-electron chi connectivity index (χ0n) is 13.1. The van der Waals surface area contributed by atoms with Gasteiger partial charge in [0.15, 0.2) is 9.84 Å². The summed E-state index contributed by atoms with van der Waals surface area (Å²) in [6.07, 6.45) is 0.697. The van der Waals surface area contributed by atoms with E-state index in [9.17, 15) is 18.0 Å². The van der Waals surface area contributed by atoms with Crippen LogP contribution in [0.25, 0.3) is 0 Å². The first kappa shape index (κ1) is 16.6. The van der Waals surface area contributed by atoms with Crippen LogP contribution in [0.5, 0.6) is 0 Å². The van der Waals surface area contributed by atoms with Crippen LogP contribution in [0.1, 0.15) is 24.8 Å². The highest BCUT2D eigenvalue weighted by molar-refractivity contribution is 7.91. The number of rotatable bonds is 4. The van der Waals surface area contributed by atoms with Crippen molar-refractivity contribution < 1.29 is 22.7 Å². The monoisotopic (exact) mass is 350 g/mol. The molecule has 1 aromatic rings. The average molecular weight is 350 g/mol. The first-order chi connectivity index (χ1) is 11.4. The van der Waals surface area contributed by atoms with E-state index in [0.717, 1.165) is 10.6 Å². The molecule has 0 spiro atoms. The Hall–Kier alpha value is -2.22. The SMILES string of the molecule is O=C(OCc1ccccc1)C1=NN([C@H]2CCS(=O)(=O)C2)C(=O)CC1. The lowest BCUT2D eigenvalue weighted by Crippen LogP contribution is -2.42. The third-order valence-corrected chi connectivity index (χ3v) is 5.81. The highest BCUT2D eigenvalue weighted by atomic mass is 32.2. The Morgan fingerprint density at radius 3 is 2.67 bits per heavy atom. The smallest absolute Gasteiger partial charge is 0.354 e. The van der Waals surface area contributed by atoms with E-state index in [1.54, 1.807) is 0 Å². The number of sulfone groups is 1. The van der Waals surface area contributed by atoms with Crippen molar-refractivity contribution in [2.24, 2.45) is 5.10 Å². The summed E-state index contributed by atoms with van der Waals surface area (Å²) in [4.78, 5) is 24.2. The van der Waals surface area contributed by atoms with Gasteiger partial charge in [0.05, 0.1) is 17.5 Å². The molecule has 8 heteroatoms. The van der Waals surface area contributed by atoms with E-state index in [2.05, 4.69) is 5.10 Å². The lowest BCUT2D eigenvalue weighted by Gasteiger charge is -2.27. The number of hydrogen-bond acceptors (Lipinski definition) is 6. The summed E-state index contributed by atoms with van der Waals surface area (Å²) in [5.74, 6) is -0.881. The van der Waals surface area contributed by atoms with Gasteiger partial charge in [0.2, 0.25) is 5.91 Å². The Kier molecular flexibility index (Phi) is 4.66. The second kappa shape index (κ2) is 6.72. The lowest BCUT2D eigenvalue weighted by molar-refractivity contribution is -0.138. The zero-order valence-corrected chi connectivity index (χ0v) is 13.9. The van der Waals surface area contributed by atoms with Crippen LogP contribution >= 0.6 is 0 Å². The second-order valence-corrected chi connectivity index (χ2v) is 8.13. The van der Waals surface area contributed by atoms with Gasteiger partial charge < -0.3 is 4.74 Å². The van der Waals surface area contributed by atoms with Gasteiger partial charge in [-0.1, -0.05) is 30.3 Å². The number of ether oxygens (including phenoxy) is 1. The standard InChI is InChI=1S/C16H18N2O5S/c19-15-7-6-14(16(20)23-10-12-4-2-1-3-5-12)17-18(15)13-8-9-24(21,22)11-13/h1-5,13H,6-11H2/t13-/m0/s1. The summed E-state index contributed by atoms with van der Waals surface area (Å²) in [5, 5.41) is 5.24. The van der Waals surface area contributed by atoms with E-state index in [4.69, 9.17) is 4.74 Å². The molecular formula is C16H18N2O5S. The third-order valence-electron chi connectivity index (χ3n) is 4.06. The number of esters is 1. The quantitative estimate of drug-likeness (QED) is 0.752. The Morgan fingerprint density at radius 2 is 2.00 bits per heavy atom. The molecule has 2 heterocycles. The van der Waals surface area contributed by atoms with Gasteiger partial charge in [0, 0.05) is 12.8 Å². The lowest BCUT2D eigenvalue weighted by atomic mass is 10.1. The number of benzene rings is 1. The maximum absolute atomic E-state index is 12.2. The molecule has 1 atom stereocenters. The summed E-state index contributed by atoms with van der Waals surface area (Å²) in [5.41, 5.74) is 1.02. The first-order valence-electron chi connectivity index (χ1n) is 7.75. The molecule has 1 fully saturated rings. The predicted molar refractivity (Wildman–Crippen MR) is 86.8 cm³/mol. The molecule has 0 saturated carbocycles. The van der Waals surface area contributed by atoms with Crippen LogP contribution < -0.4 is 0 Å². The number of carbonyl (C=O) groups is 2. The molecule has 1 aromatic carbocycles. The molecule has 1 saturated heterocycles. The van der Waals surface area contributed by atoms with Crippen molar-refractivity contribution in [3.05, 3.63) is 35.9 Å². The van der Waals surface area contributed by atoms with Crippen LogP contribution in [0.2, 0.25) is 0 Å². The van der Waals surface area contributed by atoms with Crippen molar-refractivity contribution in [1.82, 2.24) is 5.01 Å². The molecule has 0 aliphatic carbocycles. The summed E-state index contributed by atoms with van der Waals surface area (Å²) in [6.45, 7) is 0.129. The van der Waals surface area contributed by atoms with Gasteiger partial charge in [0.25, 0.3) is 0 Å². The fraction of sp³-hybridized carbons (Fsp3) is 0.438. The van der Waals surface area contributed by atoms with Gasteiger partial charge >= 0.3 is 5.97 Å². The van der Waals surface area contributed by atoms with E-state index in [1.165, 1.54) is 0 Å². The van der Waals surface area contributed by atoms with E-state index in [-0.39, 0.29) is 42.6 Å². The molecule has 1 amide bonds. The normalized spacial score (nSPS) is 23.0. The largest absolute Gasteiger partial charge is 0.456 e. The van der Waals surface area contributed by atoms with Gasteiger partial charge in [-0.2, -0.15) is 5.10 Å². The van der Waals surface area contributed by atoms with Crippen LogP contribution in [0.15, 0.2) is 35.4 Å². The fourth-order valence-electron chi connectivity index (χ4n) is 2.78. The molecule has 7 nitrogen and oxygen atoms in total. The van der Waals surface area contributed by atoms with E-state index in [0.29, 0.717) is 6.42 Å². The highest BCUT2D eigenvalue weighted by Gasteiger charge is 2.37. The third kappa shape index (κ3) is 3.81. The number of nitrogens with zero attached hydrogens (tertiary/aromatic N) is 2. The van der Waals surface area contributed by atoms with Crippen molar-refractivity contribution in [2.75, 3.05) is 11.5 Å². The predicted octanol–water partition coefficient (Wildman–Crippen LogP) is 0.895. The van der Waals surface area contributed by atoms with Crippen LogP contribution in [0.4, 0.5) is 0 Å². The van der Waals surface area contributed by atoms with E-state index in [1.807, 2.05) is 30.3 Å². The van der Waals surface area contributed by atoms with Gasteiger partial charge in [0.1, 0.15) is 12.3 Å². The first-order valence-corrected chi connectivity index (χ1v) is 9.58. The molecule has 0 bridgehead atoms. The van der Waals surface area contributed by atoms with Crippen molar-refractivity contribution in [1.29, 1.82) is 0 Å². The Morgan fingerprint density at radius 1 is 1.25 bits per heavy atom. The highest BCUT2D eigenvalue weighted by Crippen LogP contribution is 2.22. The summed E-state index contributed by atoms with van der Waals surface area (Å²) >= 11 is 0. The van der Waals surface area contributed by atoms with Gasteiger partial charge in [-0.25, -0.2) is 18.2 Å². The molecule has 2 aliphatic rings. The number of amides is 1. The minimum Gasteiger partial charge on any atom is -0.456 e. The molecule has 0 unspecified atom stereocenters. The molecule has 3 rings (SSSR count). The van der Waals surface area contributed by atoms with Crippen molar-refractivity contribution in [2.45, 2.75) is 31.9 Å². The summed E-state index contributed by atoms with van der Waals surface area (Å²) in [7, 11) is -3.13. The molecule has 0 aromatic heterocycles. The minimum absolute atomic E-state index is 0.0464. The summed E-state index contributed by atoms with van der Waals surface area (Å²) in [6, 6.07) is 8.77. The van der Waals surface area contributed by atoms with Gasteiger partial charge in [-0.15, -0.1) is 0 Å². The minimum atomic E-state index is -3.13. The maximum Gasteiger partial charge on any atom is 0.354 e. The Balaban J connectivity index is 1.67. The Labute approximate surface area is 140 Å². The maximum atomic E-state index is 12.2. The van der Waals surface area contributed by atoms with E-state index < -0.39 is 21.8 Å².